The molecule has 0 aliphatic carbocycles. The molecular weight excluding hydrogens is 246 g/mol. The van der Waals surface area contributed by atoms with E-state index in [-0.39, 0.29) is 0 Å². The van der Waals surface area contributed by atoms with E-state index in [1.54, 1.807) is 17.1 Å². The highest BCUT2D eigenvalue weighted by Crippen LogP contribution is 2.12. The van der Waals surface area contributed by atoms with E-state index in [1.807, 2.05) is 0 Å². The Balaban J connectivity index is 1.66. The summed E-state index contributed by atoms with van der Waals surface area (Å²) >= 11 is 0. The van der Waals surface area contributed by atoms with Crippen LogP contribution in [0.5, 0.6) is 0 Å². The van der Waals surface area contributed by atoms with E-state index >= 15 is 0 Å². The monoisotopic (exact) mass is 263 g/mol. The largest absolute Gasteiger partial charge is 0.396 e. The minimum absolute atomic E-state index is 0.442. The molecule has 3 heterocycles. The van der Waals surface area contributed by atoms with Crippen LogP contribution in [0.2, 0.25) is 0 Å². The highest BCUT2D eigenvalue weighted by molar-refractivity contribution is 5.31. The van der Waals surface area contributed by atoms with Crippen LogP contribution in [0.1, 0.15) is 5.89 Å². The zero-order valence-electron chi connectivity index (χ0n) is 10.9. The normalized spacial score (nSPS) is 17.0. The summed E-state index contributed by atoms with van der Waals surface area (Å²) in [5.41, 5.74) is 6.23. The van der Waals surface area contributed by atoms with Gasteiger partial charge >= 0.3 is 0 Å². The van der Waals surface area contributed by atoms with Crippen LogP contribution < -0.4 is 10.6 Å². The van der Waals surface area contributed by atoms with Crippen LogP contribution in [-0.4, -0.2) is 58.0 Å². The van der Waals surface area contributed by atoms with Gasteiger partial charge in [0, 0.05) is 32.4 Å². The fourth-order valence-electron chi connectivity index (χ4n) is 2.05. The number of hydrogen-bond donors (Lipinski definition) is 1. The highest BCUT2D eigenvalue weighted by Gasteiger charge is 2.19. The van der Waals surface area contributed by atoms with Gasteiger partial charge in [-0.1, -0.05) is 0 Å². The Bertz CT molecular complexity index is 541. The number of likely N-dealkylation sites (N-methyl/N-ethyl adjacent to an activating group) is 1. The number of piperazine rings is 1. The van der Waals surface area contributed by atoms with E-state index in [1.165, 1.54) is 0 Å². The molecule has 0 amide bonds. The molecule has 1 aliphatic rings. The van der Waals surface area contributed by atoms with E-state index in [2.05, 4.69) is 32.1 Å². The molecular formula is C11H17N7O. The number of nitrogens with two attached hydrogens (primary N) is 1. The van der Waals surface area contributed by atoms with Crippen molar-refractivity contribution < 1.29 is 4.52 Å². The van der Waals surface area contributed by atoms with E-state index in [0.29, 0.717) is 24.1 Å². The third-order valence-corrected chi connectivity index (χ3v) is 3.19. The fourth-order valence-corrected chi connectivity index (χ4v) is 2.05. The third-order valence-electron chi connectivity index (χ3n) is 3.19. The summed E-state index contributed by atoms with van der Waals surface area (Å²) < 4.78 is 6.92. The van der Waals surface area contributed by atoms with Crippen molar-refractivity contribution in [3.63, 3.8) is 0 Å². The molecule has 8 nitrogen and oxygen atoms in total. The third kappa shape index (κ3) is 2.68. The molecule has 2 aromatic rings. The smallest absolute Gasteiger partial charge is 0.266 e. The SMILES string of the molecule is CN1CCN(c2noc(Cn3cc(N)cn3)n2)CC1. The maximum Gasteiger partial charge on any atom is 0.266 e. The molecule has 0 aromatic carbocycles. The maximum absolute atomic E-state index is 5.60. The number of rotatable bonds is 3. The number of hydrogen-bond acceptors (Lipinski definition) is 7. The molecule has 0 unspecified atom stereocenters. The first kappa shape index (κ1) is 12.0. The Morgan fingerprint density at radius 2 is 2.11 bits per heavy atom. The quantitative estimate of drug-likeness (QED) is 0.809. The van der Waals surface area contributed by atoms with E-state index in [0.717, 1.165) is 26.2 Å². The van der Waals surface area contributed by atoms with Crippen molar-refractivity contribution >= 4 is 11.6 Å². The summed E-state index contributed by atoms with van der Waals surface area (Å²) in [4.78, 5) is 8.80. The number of nitrogens with zero attached hydrogens (tertiary/aromatic N) is 6. The van der Waals surface area contributed by atoms with Gasteiger partial charge < -0.3 is 20.1 Å². The first-order valence-electron chi connectivity index (χ1n) is 6.25. The van der Waals surface area contributed by atoms with Crippen LogP contribution in [0.4, 0.5) is 11.6 Å². The van der Waals surface area contributed by atoms with Gasteiger partial charge in [-0.2, -0.15) is 10.1 Å². The minimum Gasteiger partial charge on any atom is -0.396 e. The van der Waals surface area contributed by atoms with Gasteiger partial charge in [0.25, 0.3) is 5.95 Å². The molecule has 0 radical (unpaired) electrons. The Labute approximate surface area is 110 Å². The van der Waals surface area contributed by atoms with Crippen LogP contribution in [0.15, 0.2) is 16.9 Å². The number of nitrogen functional groups attached to an aromatic ring is 1. The second-order valence-electron chi connectivity index (χ2n) is 4.75. The Kier molecular flexibility index (Phi) is 3.08. The minimum atomic E-state index is 0.442. The second-order valence-corrected chi connectivity index (χ2v) is 4.75. The molecule has 1 saturated heterocycles. The van der Waals surface area contributed by atoms with Crippen molar-refractivity contribution in [3.8, 4) is 0 Å². The number of aromatic nitrogens is 4. The maximum atomic E-state index is 5.60. The van der Waals surface area contributed by atoms with Crippen molar-refractivity contribution in [1.82, 2.24) is 24.8 Å². The predicted octanol–water partition coefficient (Wildman–Crippen LogP) is -0.352. The van der Waals surface area contributed by atoms with E-state index in [9.17, 15) is 0 Å². The van der Waals surface area contributed by atoms with Crippen molar-refractivity contribution in [2.75, 3.05) is 43.9 Å². The molecule has 0 atom stereocenters. The summed E-state index contributed by atoms with van der Waals surface area (Å²) in [5.74, 6) is 1.19. The zero-order valence-corrected chi connectivity index (χ0v) is 10.9. The first-order valence-corrected chi connectivity index (χ1v) is 6.25. The van der Waals surface area contributed by atoms with Crippen LogP contribution in [-0.2, 0) is 6.54 Å². The van der Waals surface area contributed by atoms with Crippen molar-refractivity contribution in [1.29, 1.82) is 0 Å². The predicted molar refractivity (Wildman–Crippen MR) is 69.7 cm³/mol. The summed E-state index contributed by atoms with van der Waals surface area (Å²) in [6, 6.07) is 0. The molecule has 2 N–H and O–H groups in total. The van der Waals surface area contributed by atoms with Gasteiger partial charge in [-0.25, -0.2) is 0 Å². The van der Waals surface area contributed by atoms with Crippen molar-refractivity contribution in [2.45, 2.75) is 6.54 Å². The van der Waals surface area contributed by atoms with Gasteiger partial charge in [-0.05, 0) is 12.2 Å². The average molecular weight is 263 g/mol. The summed E-state index contributed by atoms with van der Waals surface area (Å²) in [5, 5.41) is 8.10. The van der Waals surface area contributed by atoms with Gasteiger partial charge in [0.2, 0.25) is 5.89 Å². The molecule has 2 aromatic heterocycles. The lowest BCUT2D eigenvalue weighted by atomic mass is 10.3. The van der Waals surface area contributed by atoms with Gasteiger partial charge in [-0.3, -0.25) is 4.68 Å². The molecule has 1 fully saturated rings. The van der Waals surface area contributed by atoms with Crippen molar-refractivity contribution in [2.24, 2.45) is 0 Å². The molecule has 102 valence electrons. The van der Waals surface area contributed by atoms with Crippen LogP contribution in [0.3, 0.4) is 0 Å². The van der Waals surface area contributed by atoms with Crippen molar-refractivity contribution in [3.05, 3.63) is 18.3 Å². The fraction of sp³-hybridized carbons (Fsp3) is 0.545. The van der Waals surface area contributed by atoms with Gasteiger partial charge in [-0.15, -0.1) is 0 Å². The molecule has 3 rings (SSSR count). The molecule has 19 heavy (non-hydrogen) atoms. The average Bonchev–Trinajstić information content (AvgIpc) is 3.00. The summed E-state index contributed by atoms with van der Waals surface area (Å²) in [6.07, 6.45) is 3.33. The molecule has 0 spiro atoms. The molecule has 1 aliphatic heterocycles. The van der Waals surface area contributed by atoms with Crippen LogP contribution in [0.25, 0.3) is 0 Å². The van der Waals surface area contributed by atoms with Gasteiger partial charge in [0.1, 0.15) is 6.54 Å². The van der Waals surface area contributed by atoms with Gasteiger partial charge in [0.15, 0.2) is 0 Å². The molecule has 8 heteroatoms. The lowest BCUT2D eigenvalue weighted by molar-refractivity contribution is 0.308. The van der Waals surface area contributed by atoms with Crippen LogP contribution in [0, 0.1) is 0 Å². The standard InChI is InChI=1S/C11H17N7O/c1-16-2-4-17(5-3-16)11-14-10(19-15-11)8-18-7-9(12)6-13-18/h6-7H,2-5,8,12H2,1H3. The van der Waals surface area contributed by atoms with E-state index < -0.39 is 0 Å². The summed E-state index contributed by atoms with van der Waals surface area (Å²) in [6.45, 7) is 4.31. The zero-order chi connectivity index (χ0) is 13.2. The lowest BCUT2D eigenvalue weighted by Gasteiger charge is -2.31. The molecule has 0 saturated carbocycles. The Hall–Kier alpha value is -2.09. The van der Waals surface area contributed by atoms with E-state index in [4.69, 9.17) is 10.3 Å². The second kappa shape index (κ2) is 4.88. The topological polar surface area (TPSA) is 89.2 Å². The summed E-state index contributed by atoms with van der Waals surface area (Å²) in [7, 11) is 2.11. The lowest BCUT2D eigenvalue weighted by Crippen LogP contribution is -2.44. The first-order chi connectivity index (χ1) is 9.20. The Morgan fingerprint density at radius 3 is 2.79 bits per heavy atom. The Morgan fingerprint density at radius 1 is 1.32 bits per heavy atom. The number of anilines is 2. The van der Waals surface area contributed by atoms with Crippen LogP contribution >= 0.6 is 0 Å². The highest BCUT2D eigenvalue weighted by atomic mass is 16.5. The van der Waals surface area contributed by atoms with Gasteiger partial charge in [0.05, 0.1) is 11.9 Å². The molecule has 0 bridgehead atoms.